The Labute approximate surface area is 329 Å². The van der Waals surface area contributed by atoms with Crippen LogP contribution in [0.3, 0.4) is 0 Å². The monoisotopic (exact) mass is 739 g/mol. The van der Waals surface area contributed by atoms with Crippen LogP contribution in [0.1, 0.15) is 115 Å². The summed E-state index contributed by atoms with van der Waals surface area (Å²) in [5, 5.41) is 0. The number of benzene rings is 1. The number of pyridine rings is 2. The zero-order valence-corrected chi connectivity index (χ0v) is 35.4. The van der Waals surface area contributed by atoms with Gasteiger partial charge in [0.1, 0.15) is 0 Å². The van der Waals surface area contributed by atoms with Crippen molar-refractivity contribution in [1.82, 2.24) is 39.4 Å². The van der Waals surface area contributed by atoms with Crippen molar-refractivity contribution in [1.29, 1.82) is 0 Å². The number of hydrogen-bond acceptors (Lipinski definition) is 8. The van der Waals surface area contributed by atoms with Gasteiger partial charge in [0.15, 0.2) is 0 Å². The van der Waals surface area contributed by atoms with Crippen molar-refractivity contribution < 1.29 is 0 Å². The first kappa shape index (κ1) is 42.4. The quantitative estimate of drug-likeness (QED) is 0.231. The van der Waals surface area contributed by atoms with E-state index in [2.05, 4.69) is 145 Å². The van der Waals surface area contributed by atoms with Gasteiger partial charge >= 0.3 is 0 Å². The van der Waals surface area contributed by atoms with E-state index in [9.17, 15) is 0 Å². The summed E-state index contributed by atoms with van der Waals surface area (Å²) in [5.74, 6) is 0. The Bertz CT molecular complexity index is 1330. The molecule has 4 bridgehead atoms. The SMILES string of the molecule is CC(C)N1CCCN(Cc2cccc(CN3CCCN(C(C)C)Cc4cccc(n4)CN(C(C)C)CCC3)c2)CCCN(C(C)C)Cc2cccc(n2)C1. The lowest BCUT2D eigenvalue weighted by molar-refractivity contribution is 0.164. The molecule has 0 spiro atoms. The molecule has 0 unspecified atom stereocenters. The second-order valence-corrected chi connectivity index (χ2v) is 17.3. The standard InChI is InChI=1S/C46H74N8/c1-37(2)51-26-12-22-49(23-13-27-52(38(3)4)34-44-19-10-18-43(33-51)47-44)31-41-16-9-17-42(30-41)32-50-24-14-28-53(39(5)6)35-45-20-11-21-46(48-45)36-54(40(7)8)29-15-25-50/h9-11,16-21,30,37-40H,12-15,22-29,31-36H2,1-8H3. The van der Waals surface area contributed by atoms with E-state index in [1.165, 1.54) is 59.6 Å². The molecule has 0 aliphatic carbocycles. The van der Waals surface area contributed by atoms with Gasteiger partial charge in [-0.3, -0.25) is 39.4 Å². The van der Waals surface area contributed by atoms with E-state index >= 15 is 0 Å². The van der Waals surface area contributed by atoms with Gasteiger partial charge in [-0.05, 0) is 143 Å². The third-order valence-electron chi connectivity index (χ3n) is 11.6. The first-order valence-corrected chi connectivity index (χ1v) is 21.4. The van der Waals surface area contributed by atoms with Gasteiger partial charge in [-0.15, -0.1) is 0 Å². The molecule has 298 valence electrons. The van der Waals surface area contributed by atoms with Gasteiger partial charge in [0.2, 0.25) is 0 Å². The molecule has 5 rings (SSSR count). The minimum absolute atomic E-state index is 0.492. The Morgan fingerprint density at radius 1 is 0.407 bits per heavy atom. The first-order chi connectivity index (χ1) is 26.0. The fraction of sp³-hybridized carbons (Fsp3) is 0.652. The third kappa shape index (κ3) is 13.8. The molecule has 0 amide bonds. The zero-order valence-electron chi connectivity index (χ0n) is 35.4. The molecule has 1 aromatic carbocycles. The highest BCUT2D eigenvalue weighted by Crippen LogP contribution is 2.18. The van der Waals surface area contributed by atoms with Crippen molar-refractivity contribution in [2.24, 2.45) is 0 Å². The second kappa shape index (κ2) is 21.5. The lowest BCUT2D eigenvalue weighted by Gasteiger charge is -2.31. The summed E-state index contributed by atoms with van der Waals surface area (Å²) in [6, 6.07) is 24.8. The summed E-state index contributed by atoms with van der Waals surface area (Å²) in [5.41, 5.74) is 7.67. The smallest absolute Gasteiger partial charge is 0.0547 e. The predicted molar refractivity (Wildman–Crippen MR) is 226 cm³/mol. The molecule has 0 atom stereocenters. The molecule has 8 nitrogen and oxygen atoms in total. The average Bonchev–Trinajstić information content (AvgIpc) is 3.12. The molecule has 2 aliphatic heterocycles. The van der Waals surface area contributed by atoms with Crippen LogP contribution >= 0.6 is 0 Å². The van der Waals surface area contributed by atoms with Crippen LogP contribution < -0.4 is 0 Å². The molecular weight excluding hydrogens is 665 g/mol. The summed E-state index contributed by atoms with van der Waals surface area (Å²) in [4.78, 5) is 26.1. The van der Waals surface area contributed by atoms with Crippen LogP contribution in [0.5, 0.6) is 0 Å². The molecule has 0 saturated heterocycles. The van der Waals surface area contributed by atoms with Gasteiger partial charge < -0.3 is 0 Å². The van der Waals surface area contributed by atoms with Crippen molar-refractivity contribution in [3.05, 3.63) is 94.6 Å². The van der Waals surface area contributed by atoms with E-state index in [0.717, 1.165) is 91.6 Å². The van der Waals surface area contributed by atoms with E-state index < -0.39 is 0 Å². The van der Waals surface area contributed by atoms with Crippen molar-refractivity contribution in [2.75, 3.05) is 52.4 Å². The minimum Gasteiger partial charge on any atom is -0.299 e. The summed E-state index contributed by atoms with van der Waals surface area (Å²) in [6.07, 6.45) is 4.67. The summed E-state index contributed by atoms with van der Waals surface area (Å²) in [6.45, 7) is 33.2. The Morgan fingerprint density at radius 2 is 0.685 bits per heavy atom. The van der Waals surface area contributed by atoms with E-state index in [1.807, 2.05) is 0 Å². The van der Waals surface area contributed by atoms with Crippen molar-refractivity contribution in [3.8, 4) is 0 Å². The predicted octanol–water partition coefficient (Wildman–Crippen LogP) is 7.91. The number of fused-ring (bicyclic) bond motifs is 4. The highest BCUT2D eigenvalue weighted by Gasteiger charge is 2.19. The second-order valence-electron chi connectivity index (χ2n) is 17.3. The molecule has 0 radical (unpaired) electrons. The summed E-state index contributed by atoms with van der Waals surface area (Å²) < 4.78 is 0. The van der Waals surface area contributed by atoms with Crippen molar-refractivity contribution >= 4 is 0 Å². The maximum absolute atomic E-state index is 5.10. The normalized spacial score (nSPS) is 19.8. The van der Waals surface area contributed by atoms with Gasteiger partial charge in [-0.25, -0.2) is 0 Å². The Hall–Kier alpha value is -2.72. The molecule has 8 heteroatoms. The molecule has 0 fully saturated rings. The number of aromatic nitrogens is 2. The van der Waals surface area contributed by atoms with Crippen LogP contribution in [0.25, 0.3) is 0 Å². The van der Waals surface area contributed by atoms with Crippen molar-refractivity contribution in [2.45, 2.75) is 145 Å². The third-order valence-corrected chi connectivity index (χ3v) is 11.6. The fourth-order valence-corrected chi connectivity index (χ4v) is 8.19. The molecule has 4 heterocycles. The highest BCUT2D eigenvalue weighted by molar-refractivity contribution is 5.23. The molecule has 2 aliphatic rings. The van der Waals surface area contributed by atoms with Crippen LogP contribution in [0, 0.1) is 0 Å². The Morgan fingerprint density at radius 3 is 0.963 bits per heavy atom. The Kier molecular flexibility index (Phi) is 16.9. The Balaban J connectivity index is 1.26. The number of rotatable bonds is 8. The van der Waals surface area contributed by atoms with E-state index in [0.29, 0.717) is 24.2 Å². The lowest BCUT2D eigenvalue weighted by atomic mass is 10.1. The highest BCUT2D eigenvalue weighted by atomic mass is 15.2. The lowest BCUT2D eigenvalue weighted by Crippen LogP contribution is -2.37. The topological polar surface area (TPSA) is 45.2 Å². The van der Waals surface area contributed by atoms with Crippen LogP contribution in [0.4, 0.5) is 0 Å². The maximum Gasteiger partial charge on any atom is 0.0547 e. The first-order valence-electron chi connectivity index (χ1n) is 21.4. The van der Waals surface area contributed by atoms with Crippen LogP contribution in [-0.2, 0) is 39.3 Å². The maximum atomic E-state index is 5.10. The van der Waals surface area contributed by atoms with Crippen molar-refractivity contribution in [3.63, 3.8) is 0 Å². The molecule has 2 aromatic heterocycles. The van der Waals surface area contributed by atoms with Gasteiger partial charge in [0.05, 0.1) is 22.8 Å². The summed E-state index contributed by atoms with van der Waals surface area (Å²) in [7, 11) is 0. The molecular formula is C46H74N8. The summed E-state index contributed by atoms with van der Waals surface area (Å²) >= 11 is 0. The molecule has 0 N–H and O–H groups in total. The molecule has 3 aromatic rings. The molecule has 0 saturated carbocycles. The van der Waals surface area contributed by atoms with E-state index in [-0.39, 0.29) is 0 Å². The van der Waals surface area contributed by atoms with Gasteiger partial charge in [-0.1, -0.05) is 36.4 Å². The van der Waals surface area contributed by atoms with Crippen LogP contribution in [0.2, 0.25) is 0 Å². The van der Waals surface area contributed by atoms with Gasteiger partial charge in [-0.2, -0.15) is 0 Å². The minimum atomic E-state index is 0.492. The van der Waals surface area contributed by atoms with Crippen LogP contribution in [-0.4, -0.2) is 116 Å². The fourth-order valence-electron chi connectivity index (χ4n) is 8.19. The van der Waals surface area contributed by atoms with E-state index in [1.54, 1.807) is 0 Å². The molecule has 54 heavy (non-hydrogen) atoms. The average molecular weight is 739 g/mol. The van der Waals surface area contributed by atoms with E-state index in [4.69, 9.17) is 9.97 Å². The largest absolute Gasteiger partial charge is 0.299 e. The van der Waals surface area contributed by atoms with Gasteiger partial charge in [0.25, 0.3) is 0 Å². The van der Waals surface area contributed by atoms with Gasteiger partial charge in [0, 0.05) is 89.6 Å². The van der Waals surface area contributed by atoms with Crippen LogP contribution in [0.15, 0.2) is 60.7 Å². The number of nitrogens with zero attached hydrogens (tertiary/aromatic N) is 8. The number of hydrogen-bond donors (Lipinski definition) is 0. The zero-order chi connectivity index (χ0) is 38.5.